The second-order valence-electron chi connectivity index (χ2n) is 4.97. The molecular formula is C16H19NO4. The van der Waals surface area contributed by atoms with Crippen molar-refractivity contribution in [3.05, 3.63) is 47.0 Å². The number of aryl methyl sites for hydroxylation is 1. The molecule has 0 radical (unpaired) electrons. The molecule has 0 bridgehead atoms. The van der Waals surface area contributed by atoms with E-state index < -0.39 is 0 Å². The maximum atomic E-state index is 10.0. The summed E-state index contributed by atoms with van der Waals surface area (Å²) in [4.78, 5) is 0. The van der Waals surface area contributed by atoms with Gasteiger partial charge in [0.1, 0.15) is 11.5 Å². The van der Waals surface area contributed by atoms with Crippen molar-refractivity contribution >= 4 is 0 Å². The van der Waals surface area contributed by atoms with Gasteiger partial charge in [-0.25, -0.2) is 0 Å². The van der Waals surface area contributed by atoms with Crippen LogP contribution >= 0.6 is 0 Å². The van der Waals surface area contributed by atoms with Crippen LogP contribution in [0.1, 0.15) is 16.7 Å². The van der Waals surface area contributed by atoms with E-state index in [1.54, 1.807) is 18.2 Å². The van der Waals surface area contributed by atoms with Gasteiger partial charge in [0.25, 0.3) is 0 Å². The fraction of sp³-hybridized carbons (Fsp3) is 0.250. The van der Waals surface area contributed by atoms with Crippen LogP contribution < -0.4 is 5.73 Å². The van der Waals surface area contributed by atoms with Gasteiger partial charge in [-0.3, -0.25) is 0 Å². The second-order valence-corrected chi connectivity index (χ2v) is 4.97. The smallest absolute Gasteiger partial charge is 0.160 e. The molecule has 0 aliphatic carbocycles. The quantitative estimate of drug-likeness (QED) is 0.539. The molecule has 0 aliphatic heterocycles. The Hall–Kier alpha value is -2.40. The molecule has 0 saturated heterocycles. The normalized spacial score (nSPS) is 10.7. The minimum absolute atomic E-state index is 0.00712. The van der Waals surface area contributed by atoms with E-state index >= 15 is 0 Å². The summed E-state index contributed by atoms with van der Waals surface area (Å²) in [5.41, 5.74) is 7.83. The zero-order valence-corrected chi connectivity index (χ0v) is 11.6. The Labute approximate surface area is 122 Å². The summed E-state index contributed by atoms with van der Waals surface area (Å²) in [6, 6.07) is 7.57. The maximum absolute atomic E-state index is 10.0. The van der Waals surface area contributed by atoms with Crippen molar-refractivity contribution in [1.82, 2.24) is 0 Å². The van der Waals surface area contributed by atoms with Gasteiger partial charge in [-0.05, 0) is 55.1 Å². The molecule has 0 aromatic heterocycles. The van der Waals surface area contributed by atoms with Crippen molar-refractivity contribution in [3.8, 4) is 23.0 Å². The molecule has 2 aromatic rings. The summed E-state index contributed by atoms with van der Waals surface area (Å²) in [5, 5.41) is 38.5. The molecule has 0 unspecified atom stereocenters. The molecule has 0 fully saturated rings. The van der Waals surface area contributed by atoms with Gasteiger partial charge in [-0.1, -0.05) is 6.07 Å². The van der Waals surface area contributed by atoms with Crippen LogP contribution in [0.5, 0.6) is 23.0 Å². The monoisotopic (exact) mass is 289 g/mol. The highest BCUT2D eigenvalue weighted by molar-refractivity contribution is 5.49. The zero-order chi connectivity index (χ0) is 15.4. The van der Waals surface area contributed by atoms with Crippen LogP contribution in [0.2, 0.25) is 0 Å². The lowest BCUT2D eigenvalue weighted by atomic mass is 9.96. The fourth-order valence-corrected chi connectivity index (χ4v) is 2.40. The summed E-state index contributed by atoms with van der Waals surface area (Å²) in [5.74, 6) is -0.311. The van der Waals surface area contributed by atoms with Crippen LogP contribution in [0.25, 0.3) is 0 Å². The predicted molar refractivity (Wildman–Crippen MR) is 79.7 cm³/mol. The Morgan fingerprint density at radius 2 is 1.48 bits per heavy atom. The average molecular weight is 289 g/mol. The first kappa shape index (κ1) is 15.0. The molecule has 6 N–H and O–H groups in total. The van der Waals surface area contributed by atoms with E-state index in [2.05, 4.69) is 0 Å². The molecule has 5 heteroatoms. The number of aromatic hydroxyl groups is 4. The molecule has 0 heterocycles. The molecule has 2 aromatic carbocycles. The highest BCUT2D eigenvalue weighted by Gasteiger charge is 2.12. The molecule has 21 heavy (non-hydrogen) atoms. The van der Waals surface area contributed by atoms with Crippen molar-refractivity contribution < 1.29 is 20.4 Å². The SMILES string of the molecule is NCCc1ccc(O)c(O)c1CCc1cc(O)cc(O)c1. The van der Waals surface area contributed by atoms with Gasteiger partial charge in [-0.2, -0.15) is 0 Å². The molecular weight excluding hydrogens is 270 g/mol. The number of rotatable bonds is 5. The number of benzene rings is 2. The number of hydrogen-bond acceptors (Lipinski definition) is 5. The van der Waals surface area contributed by atoms with Crippen LogP contribution in [0.15, 0.2) is 30.3 Å². The summed E-state index contributed by atoms with van der Waals surface area (Å²) in [6.45, 7) is 0.449. The summed E-state index contributed by atoms with van der Waals surface area (Å²) in [7, 11) is 0. The van der Waals surface area contributed by atoms with Crippen molar-refractivity contribution in [2.75, 3.05) is 6.54 Å². The largest absolute Gasteiger partial charge is 0.508 e. The average Bonchev–Trinajstić information content (AvgIpc) is 2.41. The number of phenolic OH excluding ortho intramolecular Hbond substituents is 4. The fourth-order valence-electron chi connectivity index (χ4n) is 2.40. The van der Waals surface area contributed by atoms with E-state index in [1.807, 2.05) is 0 Å². The van der Waals surface area contributed by atoms with E-state index in [9.17, 15) is 20.4 Å². The van der Waals surface area contributed by atoms with Crippen molar-refractivity contribution in [3.63, 3.8) is 0 Å². The molecule has 0 spiro atoms. The van der Waals surface area contributed by atoms with Crippen LogP contribution in [-0.2, 0) is 19.3 Å². The lowest BCUT2D eigenvalue weighted by molar-refractivity contribution is 0.398. The Morgan fingerprint density at radius 1 is 0.810 bits per heavy atom. The Morgan fingerprint density at radius 3 is 2.10 bits per heavy atom. The minimum Gasteiger partial charge on any atom is -0.508 e. The molecule has 0 amide bonds. The van der Waals surface area contributed by atoms with Crippen LogP contribution in [-0.4, -0.2) is 27.0 Å². The number of phenols is 4. The zero-order valence-electron chi connectivity index (χ0n) is 11.6. The predicted octanol–water partition coefficient (Wildman–Crippen LogP) is 1.80. The van der Waals surface area contributed by atoms with Gasteiger partial charge in [0.2, 0.25) is 0 Å². The number of nitrogens with two attached hydrogens (primary N) is 1. The lowest BCUT2D eigenvalue weighted by Gasteiger charge is -2.12. The van der Waals surface area contributed by atoms with E-state index in [-0.39, 0.29) is 23.0 Å². The van der Waals surface area contributed by atoms with Crippen LogP contribution in [0, 0.1) is 0 Å². The second kappa shape index (κ2) is 6.37. The molecule has 2 rings (SSSR count). The topological polar surface area (TPSA) is 107 Å². The van der Waals surface area contributed by atoms with Crippen molar-refractivity contribution in [1.29, 1.82) is 0 Å². The summed E-state index contributed by atoms with van der Waals surface area (Å²) >= 11 is 0. The Balaban J connectivity index is 2.24. The van der Waals surface area contributed by atoms with E-state index in [0.29, 0.717) is 31.4 Å². The maximum Gasteiger partial charge on any atom is 0.160 e. The van der Waals surface area contributed by atoms with E-state index in [0.717, 1.165) is 11.1 Å². The van der Waals surface area contributed by atoms with E-state index in [4.69, 9.17) is 5.73 Å². The van der Waals surface area contributed by atoms with Gasteiger partial charge in [0, 0.05) is 11.6 Å². The van der Waals surface area contributed by atoms with Crippen LogP contribution in [0.3, 0.4) is 0 Å². The lowest BCUT2D eigenvalue weighted by Crippen LogP contribution is -2.06. The summed E-state index contributed by atoms with van der Waals surface area (Å²) < 4.78 is 0. The molecule has 5 nitrogen and oxygen atoms in total. The van der Waals surface area contributed by atoms with Gasteiger partial charge in [-0.15, -0.1) is 0 Å². The number of hydrogen-bond donors (Lipinski definition) is 5. The highest BCUT2D eigenvalue weighted by atomic mass is 16.3. The van der Waals surface area contributed by atoms with Crippen LogP contribution in [0.4, 0.5) is 0 Å². The van der Waals surface area contributed by atoms with E-state index in [1.165, 1.54) is 12.1 Å². The molecule has 0 saturated carbocycles. The first-order valence-electron chi connectivity index (χ1n) is 6.76. The third-order valence-corrected chi connectivity index (χ3v) is 3.40. The molecule has 0 atom stereocenters. The third kappa shape index (κ3) is 3.58. The van der Waals surface area contributed by atoms with Gasteiger partial charge >= 0.3 is 0 Å². The Bertz CT molecular complexity index is 620. The van der Waals surface area contributed by atoms with Gasteiger partial charge < -0.3 is 26.2 Å². The van der Waals surface area contributed by atoms with Gasteiger partial charge in [0.15, 0.2) is 11.5 Å². The van der Waals surface area contributed by atoms with Crippen molar-refractivity contribution in [2.24, 2.45) is 5.73 Å². The highest BCUT2D eigenvalue weighted by Crippen LogP contribution is 2.33. The molecule has 0 aliphatic rings. The first-order valence-corrected chi connectivity index (χ1v) is 6.76. The first-order chi connectivity index (χ1) is 10.0. The Kier molecular flexibility index (Phi) is 4.55. The minimum atomic E-state index is -0.162. The standard InChI is InChI=1S/C16H19NO4/c17-6-5-11-2-4-15(20)16(21)14(11)3-1-10-7-12(18)9-13(19)8-10/h2,4,7-9,18-21H,1,3,5-6,17H2. The third-order valence-electron chi connectivity index (χ3n) is 3.40. The van der Waals surface area contributed by atoms with Gasteiger partial charge in [0.05, 0.1) is 0 Å². The summed E-state index contributed by atoms with van der Waals surface area (Å²) in [6.07, 6.45) is 1.59. The molecule has 112 valence electrons. The van der Waals surface area contributed by atoms with Crippen molar-refractivity contribution in [2.45, 2.75) is 19.3 Å².